The first-order valence-electron chi connectivity index (χ1n) is 8.41. The molecule has 0 saturated heterocycles. The summed E-state index contributed by atoms with van der Waals surface area (Å²) in [4.78, 5) is 6.04. The number of nitrogens with zero attached hydrogens (tertiary/aromatic N) is 4. The number of fused-ring (bicyclic) bond motifs is 4. The SMILES string of the molecule is Cc1ccc(-c2c3nnc4ccccc4c3nc3sc(C#N)c(N)c23)cc1. The molecule has 0 fully saturated rings. The summed E-state index contributed by atoms with van der Waals surface area (Å²) in [5.74, 6) is 0. The number of benzene rings is 2. The largest absolute Gasteiger partial charge is 0.396 e. The van der Waals surface area contributed by atoms with Gasteiger partial charge in [0.25, 0.3) is 0 Å². The van der Waals surface area contributed by atoms with E-state index in [1.54, 1.807) is 0 Å². The summed E-state index contributed by atoms with van der Waals surface area (Å²) >= 11 is 1.31. The normalized spacial score (nSPS) is 11.3. The van der Waals surface area contributed by atoms with Crippen molar-refractivity contribution >= 4 is 49.2 Å². The fourth-order valence-electron chi connectivity index (χ4n) is 3.38. The average molecular weight is 367 g/mol. The molecule has 0 aliphatic carbocycles. The van der Waals surface area contributed by atoms with Crippen molar-refractivity contribution in [3.8, 4) is 17.2 Å². The minimum absolute atomic E-state index is 0.456. The predicted octanol–water partition coefficient (Wildman–Crippen LogP) is 4.82. The highest BCUT2D eigenvalue weighted by Gasteiger charge is 2.21. The van der Waals surface area contributed by atoms with Crippen LogP contribution >= 0.6 is 11.3 Å². The number of nitrogens with two attached hydrogens (primary N) is 1. The van der Waals surface area contributed by atoms with Crippen molar-refractivity contribution in [1.29, 1.82) is 5.26 Å². The number of nitrogen functional groups attached to an aromatic ring is 1. The monoisotopic (exact) mass is 367 g/mol. The van der Waals surface area contributed by atoms with E-state index in [4.69, 9.17) is 10.7 Å². The Morgan fingerprint density at radius 1 is 1.00 bits per heavy atom. The van der Waals surface area contributed by atoms with Gasteiger partial charge in [-0.1, -0.05) is 48.0 Å². The lowest BCUT2D eigenvalue weighted by Crippen LogP contribution is -1.95. The molecule has 0 aliphatic heterocycles. The van der Waals surface area contributed by atoms with Gasteiger partial charge in [-0.25, -0.2) is 4.98 Å². The Bertz CT molecular complexity index is 1390. The van der Waals surface area contributed by atoms with E-state index >= 15 is 0 Å². The molecule has 0 saturated carbocycles. The smallest absolute Gasteiger partial charge is 0.130 e. The molecule has 3 aromatic heterocycles. The van der Waals surface area contributed by atoms with Crippen LogP contribution in [0.15, 0.2) is 48.5 Å². The third-order valence-electron chi connectivity index (χ3n) is 4.71. The van der Waals surface area contributed by atoms with Crippen LogP contribution in [0.5, 0.6) is 0 Å². The standard InChI is InChI=1S/C21H13N5S/c1-11-6-8-12(9-7-11)16-17-18(23)15(10-22)27-21(17)24-19-13-4-2-3-5-14(13)25-26-20(16)19/h2-9H,23H2,1H3. The molecule has 0 spiro atoms. The van der Waals surface area contributed by atoms with Gasteiger partial charge in [0.1, 0.15) is 26.8 Å². The molecule has 2 N–H and O–H groups in total. The van der Waals surface area contributed by atoms with Crippen molar-refractivity contribution in [3.63, 3.8) is 0 Å². The molecule has 0 aliphatic rings. The van der Waals surface area contributed by atoms with Crippen molar-refractivity contribution in [2.45, 2.75) is 6.92 Å². The van der Waals surface area contributed by atoms with E-state index in [2.05, 4.69) is 28.4 Å². The van der Waals surface area contributed by atoms with Gasteiger partial charge in [-0.05, 0) is 18.6 Å². The molecule has 0 atom stereocenters. The Morgan fingerprint density at radius 3 is 2.56 bits per heavy atom. The van der Waals surface area contributed by atoms with Gasteiger partial charge in [0, 0.05) is 16.3 Å². The van der Waals surface area contributed by atoms with E-state index in [0.717, 1.165) is 37.8 Å². The van der Waals surface area contributed by atoms with Crippen molar-refractivity contribution in [2.75, 3.05) is 5.73 Å². The number of aromatic nitrogens is 3. The third kappa shape index (κ3) is 2.26. The van der Waals surface area contributed by atoms with Crippen LogP contribution in [0.4, 0.5) is 5.69 Å². The van der Waals surface area contributed by atoms with Crippen LogP contribution < -0.4 is 5.73 Å². The van der Waals surface area contributed by atoms with Crippen molar-refractivity contribution in [2.24, 2.45) is 0 Å². The number of rotatable bonds is 1. The minimum atomic E-state index is 0.456. The molecule has 0 radical (unpaired) electrons. The summed E-state index contributed by atoms with van der Waals surface area (Å²) in [5.41, 5.74) is 12.1. The molecular formula is C21H13N5S. The fraction of sp³-hybridized carbons (Fsp3) is 0.0476. The molecule has 0 amide bonds. The molecule has 0 bridgehead atoms. The van der Waals surface area contributed by atoms with E-state index in [0.29, 0.717) is 16.1 Å². The van der Waals surface area contributed by atoms with Gasteiger partial charge < -0.3 is 5.73 Å². The zero-order chi connectivity index (χ0) is 18.5. The van der Waals surface area contributed by atoms with Gasteiger partial charge in [0.15, 0.2) is 0 Å². The number of thiophene rings is 1. The number of anilines is 1. The van der Waals surface area contributed by atoms with Crippen LogP contribution in [0.2, 0.25) is 0 Å². The van der Waals surface area contributed by atoms with Gasteiger partial charge in [0.05, 0.1) is 11.2 Å². The molecule has 128 valence electrons. The second-order valence-electron chi connectivity index (χ2n) is 6.40. The van der Waals surface area contributed by atoms with Gasteiger partial charge in [-0.3, -0.25) is 0 Å². The molecule has 5 rings (SSSR count). The lowest BCUT2D eigenvalue weighted by atomic mass is 9.98. The Balaban J connectivity index is 2.04. The van der Waals surface area contributed by atoms with Crippen LogP contribution in [0, 0.1) is 18.3 Å². The Hall–Kier alpha value is -3.56. The number of pyridine rings is 1. The lowest BCUT2D eigenvalue weighted by Gasteiger charge is -2.10. The highest BCUT2D eigenvalue weighted by atomic mass is 32.1. The van der Waals surface area contributed by atoms with Crippen LogP contribution in [0.1, 0.15) is 10.4 Å². The van der Waals surface area contributed by atoms with Crippen LogP contribution in [-0.4, -0.2) is 15.2 Å². The molecule has 3 heterocycles. The van der Waals surface area contributed by atoms with E-state index in [9.17, 15) is 5.26 Å². The first kappa shape index (κ1) is 15.7. The molecule has 2 aromatic carbocycles. The van der Waals surface area contributed by atoms with Crippen LogP contribution in [0.25, 0.3) is 43.3 Å². The molecule has 6 heteroatoms. The number of hydrogen-bond acceptors (Lipinski definition) is 6. The predicted molar refractivity (Wildman–Crippen MR) is 110 cm³/mol. The summed E-state index contributed by atoms with van der Waals surface area (Å²) in [6, 6.07) is 18.2. The molecule has 27 heavy (non-hydrogen) atoms. The van der Waals surface area contributed by atoms with Gasteiger partial charge in [-0.15, -0.1) is 21.5 Å². The van der Waals surface area contributed by atoms with Crippen molar-refractivity contribution in [1.82, 2.24) is 15.2 Å². The van der Waals surface area contributed by atoms with Crippen LogP contribution in [0.3, 0.4) is 0 Å². The molecule has 0 unspecified atom stereocenters. The maximum absolute atomic E-state index is 9.45. The molecule has 5 aromatic rings. The Labute approximate surface area is 158 Å². The van der Waals surface area contributed by atoms with Gasteiger partial charge in [0.2, 0.25) is 0 Å². The van der Waals surface area contributed by atoms with E-state index in [1.165, 1.54) is 16.9 Å². The maximum Gasteiger partial charge on any atom is 0.130 e. The number of hydrogen-bond donors (Lipinski definition) is 1. The summed E-state index contributed by atoms with van der Waals surface area (Å²) in [5, 5.41) is 20.0. The summed E-state index contributed by atoms with van der Waals surface area (Å²) in [6.45, 7) is 2.05. The first-order valence-corrected chi connectivity index (χ1v) is 9.23. The van der Waals surface area contributed by atoms with Gasteiger partial charge >= 0.3 is 0 Å². The van der Waals surface area contributed by atoms with Crippen molar-refractivity contribution in [3.05, 3.63) is 59.0 Å². The summed E-state index contributed by atoms with van der Waals surface area (Å²) in [7, 11) is 0. The Kier molecular flexibility index (Phi) is 3.33. The fourth-order valence-corrected chi connectivity index (χ4v) is 4.28. The molecular weight excluding hydrogens is 354 g/mol. The van der Waals surface area contributed by atoms with E-state index < -0.39 is 0 Å². The highest BCUT2D eigenvalue weighted by Crippen LogP contribution is 2.42. The maximum atomic E-state index is 9.45. The summed E-state index contributed by atoms with van der Waals surface area (Å²) in [6.07, 6.45) is 0. The zero-order valence-electron chi connectivity index (χ0n) is 14.4. The Morgan fingerprint density at radius 2 is 1.78 bits per heavy atom. The number of aryl methyl sites for hydroxylation is 1. The second-order valence-corrected chi connectivity index (χ2v) is 7.40. The van der Waals surface area contributed by atoms with Crippen LogP contribution in [-0.2, 0) is 0 Å². The quantitative estimate of drug-likeness (QED) is 0.429. The van der Waals surface area contributed by atoms with Crippen molar-refractivity contribution < 1.29 is 0 Å². The topological polar surface area (TPSA) is 88.5 Å². The second kappa shape index (κ2) is 5.73. The third-order valence-corrected chi connectivity index (χ3v) is 5.71. The average Bonchev–Trinajstić information content (AvgIpc) is 3.02. The lowest BCUT2D eigenvalue weighted by molar-refractivity contribution is 1.12. The zero-order valence-corrected chi connectivity index (χ0v) is 15.2. The van der Waals surface area contributed by atoms with Gasteiger partial charge in [-0.2, -0.15) is 5.26 Å². The van der Waals surface area contributed by atoms with E-state index in [1.807, 2.05) is 43.3 Å². The highest BCUT2D eigenvalue weighted by molar-refractivity contribution is 7.20. The number of nitriles is 1. The molecule has 5 nitrogen and oxygen atoms in total. The minimum Gasteiger partial charge on any atom is -0.396 e. The summed E-state index contributed by atoms with van der Waals surface area (Å²) < 4.78 is 0. The van der Waals surface area contributed by atoms with E-state index in [-0.39, 0.29) is 0 Å². The first-order chi connectivity index (χ1) is 13.2.